The number of rotatable bonds is 4. The molecule has 2 aromatic rings. The van der Waals surface area contributed by atoms with Crippen LogP contribution in [0.15, 0.2) is 30.6 Å². The number of ether oxygens (including phenoxy) is 1. The second kappa shape index (κ2) is 4.76. The highest BCUT2D eigenvalue weighted by molar-refractivity contribution is 5.32. The van der Waals surface area contributed by atoms with E-state index in [9.17, 15) is 0 Å². The van der Waals surface area contributed by atoms with Gasteiger partial charge in [0, 0.05) is 19.2 Å². The molecule has 0 saturated carbocycles. The maximum atomic E-state index is 5.65. The fourth-order valence-electron chi connectivity index (χ4n) is 1.41. The first-order chi connectivity index (χ1) is 7.81. The number of hydrogen-bond donors (Lipinski definition) is 1. The highest BCUT2D eigenvalue weighted by atomic mass is 16.5. The minimum atomic E-state index is 0.396. The van der Waals surface area contributed by atoms with Gasteiger partial charge in [0.1, 0.15) is 18.7 Å². The minimum absolute atomic E-state index is 0.396. The van der Waals surface area contributed by atoms with Crippen LogP contribution in [-0.2, 0) is 20.2 Å². The number of nitrogens with two attached hydrogens (primary N) is 1. The van der Waals surface area contributed by atoms with Gasteiger partial charge in [0.25, 0.3) is 0 Å². The number of nitrogens with zero attached hydrogens (tertiary/aromatic N) is 3. The molecule has 1 heterocycles. The zero-order valence-electron chi connectivity index (χ0n) is 9.13. The second-order valence-corrected chi connectivity index (χ2v) is 3.40. The summed E-state index contributed by atoms with van der Waals surface area (Å²) in [7, 11) is 1.83. The quantitative estimate of drug-likeness (QED) is 0.826. The summed E-state index contributed by atoms with van der Waals surface area (Å²) in [6, 6.07) is 7.72. The van der Waals surface area contributed by atoms with Crippen molar-refractivity contribution in [1.29, 1.82) is 0 Å². The van der Waals surface area contributed by atoms with E-state index in [0.717, 1.165) is 17.1 Å². The van der Waals surface area contributed by atoms with Crippen LogP contribution in [0.5, 0.6) is 5.75 Å². The molecule has 0 amide bonds. The van der Waals surface area contributed by atoms with E-state index in [4.69, 9.17) is 10.5 Å². The Labute approximate surface area is 93.9 Å². The SMILES string of the molecule is Cn1ncnc1COc1ccccc1CN. The van der Waals surface area contributed by atoms with Gasteiger partial charge in [0.2, 0.25) is 0 Å². The van der Waals surface area contributed by atoms with Gasteiger partial charge < -0.3 is 10.5 Å². The lowest BCUT2D eigenvalue weighted by Gasteiger charge is -2.09. The molecule has 0 spiro atoms. The van der Waals surface area contributed by atoms with Gasteiger partial charge in [-0.25, -0.2) is 4.98 Å². The summed E-state index contributed by atoms with van der Waals surface area (Å²) < 4.78 is 7.34. The zero-order chi connectivity index (χ0) is 11.4. The molecule has 0 fully saturated rings. The molecule has 0 bridgehead atoms. The van der Waals surface area contributed by atoms with Crippen LogP contribution in [0.3, 0.4) is 0 Å². The average Bonchev–Trinajstić information content (AvgIpc) is 2.72. The van der Waals surface area contributed by atoms with Crippen LogP contribution >= 0.6 is 0 Å². The third-order valence-corrected chi connectivity index (χ3v) is 2.35. The molecule has 0 unspecified atom stereocenters. The topological polar surface area (TPSA) is 66.0 Å². The number of aryl methyl sites for hydroxylation is 1. The van der Waals surface area contributed by atoms with Crippen molar-refractivity contribution in [3.8, 4) is 5.75 Å². The van der Waals surface area contributed by atoms with Crippen molar-refractivity contribution in [2.24, 2.45) is 12.8 Å². The van der Waals surface area contributed by atoms with E-state index in [2.05, 4.69) is 10.1 Å². The highest BCUT2D eigenvalue weighted by Gasteiger charge is 2.04. The molecule has 2 rings (SSSR count). The van der Waals surface area contributed by atoms with Crippen LogP contribution < -0.4 is 10.5 Å². The number of benzene rings is 1. The van der Waals surface area contributed by atoms with E-state index in [1.165, 1.54) is 6.33 Å². The zero-order valence-corrected chi connectivity index (χ0v) is 9.13. The van der Waals surface area contributed by atoms with Crippen LogP contribution in [0.1, 0.15) is 11.4 Å². The number of aromatic nitrogens is 3. The van der Waals surface area contributed by atoms with Crippen molar-refractivity contribution in [2.75, 3.05) is 0 Å². The summed E-state index contributed by atoms with van der Waals surface area (Å²) in [5.41, 5.74) is 6.61. The van der Waals surface area contributed by atoms with E-state index in [0.29, 0.717) is 13.2 Å². The summed E-state index contributed by atoms with van der Waals surface area (Å²) in [5.74, 6) is 1.58. The van der Waals surface area contributed by atoms with Crippen LogP contribution in [0.25, 0.3) is 0 Å². The van der Waals surface area contributed by atoms with Crippen LogP contribution in [-0.4, -0.2) is 14.8 Å². The van der Waals surface area contributed by atoms with Gasteiger partial charge >= 0.3 is 0 Å². The monoisotopic (exact) mass is 218 g/mol. The predicted octanol–water partition coefficient (Wildman–Crippen LogP) is 0.853. The van der Waals surface area contributed by atoms with E-state index in [-0.39, 0.29) is 0 Å². The van der Waals surface area contributed by atoms with Crippen LogP contribution in [0, 0.1) is 0 Å². The smallest absolute Gasteiger partial charge is 0.164 e. The van der Waals surface area contributed by atoms with Crippen molar-refractivity contribution in [3.63, 3.8) is 0 Å². The highest BCUT2D eigenvalue weighted by Crippen LogP contribution is 2.17. The first kappa shape index (κ1) is 10.6. The number of para-hydroxylation sites is 1. The Hall–Kier alpha value is -1.88. The van der Waals surface area contributed by atoms with Crippen molar-refractivity contribution < 1.29 is 4.74 Å². The largest absolute Gasteiger partial charge is 0.485 e. The first-order valence-corrected chi connectivity index (χ1v) is 5.05. The van der Waals surface area contributed by atoms with E-state index in [1.807, 2.05) is 31.3 Å². The molecule has 0 aliphatic heterocycles. The Morgan fingerprint density at radius 1 is 1.38 bits per heavy atom. The Balaban J connectivity index is 2.07. The Morgan fingerprint density at radius 3 is 2.88 bits per heavy atom. The van der Waals surface area contributed by atoms with Gasteiger partial charge in [-0.3, -0.25) is 4.68 Å². The lowest BCUT2D eigenvalue weighted by atomic mass is 10.2. The van der Waals surface area contributed by atoms with Gasteiger partial charge in [0.05, 0.1) is 0 Å². The van der Waals surface area contributed by atoms with Gasteiger partial charge in [-0.15, -0.1) is 0 Å². The normalized spacial score (nSPS) is 10.4. The van der Waals surface area contributed by atoms with E-state index in [1.54, 1.807) is 4.68 Å². The molecule has 1 aromatic carbocycles. The molecule has 1 aromatic heterocycles. The van der Waals surface area contributed by atoms with Gasteiger partial charge in [-0.2, -0.15) is 5.10 Å². The van der Waals surface area contributed by atoms with Crippen molar-refractivity contribution in [3.05, 3.63) is 42.0 Å². The van der Waals surface area contributed by atoms with Crippen LogP contribution in [0.4, 0.5) is 0 Å². The Bertz CT molecular complexity index is 467. The molecule has 0 atom stereocenters. The molecule has 0 saturated heterocycles. The second-order valence-electron chi connectivity index (χ2n) is 3.40. The average molecular weight is 218 g/mol. The third-order valence-electron chi connectivity index (χ3n) is 2.35. The molecule has 16 heavy (non-hydrogen) atoms. The summed E-state index contributed by atoms with van der Waals surface area (Å²) >= 11 is 0. The van der Waals surface area contributed by atoms with Gasteiger partial charge in [-0.1, -0.05) is 18.2 Å². The van der Waals surface area contributed by atoms with Crippen molar-refractivity contribution in [2.45, 2.75) is 13.2 Å². The number of hydrogen-bond acceptors (Lipinski definition) is 4. The molecule has 5 heteroatoms. The Morgan fingerprint density at radius 2 is 2.19 bits per heavy atom. The summed E-state index contributed by atoms with van der Waals surface area (Å²) in [4.78, 5) is 4.08. The van der Waals surface area contributed by atoms with Gasteiger partial charge in [-0.05, 0) is 6.07 Å². The summed E-state index contributed by atoms with van der Waals surface area (Å²) in [6.07, 6.45) is 1.51. The fraction of sp³-hybridized carbons (Fsp3) is 0.273. The predicted molar refractivity (Wildman–Crippen MR) is 59.7 cm³/mol. The molecule has 0 radical (unpaired) electrons. The maximum Gasteiger partial charge on any atom is 0.164 e. The molecule has 2 N–H and O–H groups in total. The molecule has 0 aliphatic carbocycles. The summed E-state index contributed by atoms with van der Waals surface area (Å²) in [5, 5.41) is 3.97. The lowest BCUT2D eigenvalue weighted by Crippen LogP contribution is -2.06. The third kappa shape index (κ3) is 2.20. The molecule has 5 nitrogen and oxygen atoms in total. The molecule has 0 aliphatic rings. The van der Waals surface area contributed by atoms with Crippen molar-refractivity contribution >= 4 is 0 Å². The van der Waals surface area contributed by atoms with E-state index >= 15 is 0 Å². The minimum Gasteiger partial charge on any atom is -0.485 e. The first-order valence-electron chi connectivity index (χ1n) is 5.05. The Kier molecular flexibility index (Phi) is 3.16. The maximum absolute atomic E-state index is 5.65. The molecule has 84 valence electrons. The standard InChI is InChI=1S/C11H14N4O/c1-15-11(13-8-14-15)7-16-10-5-3-2-4-9(10)6-12/h2-5,8H,6-7,12H2,1H3. The molecular weight excluding hydrogens is 204 g/mol. The van der Waals surface area contributed by atoms with Crippen molar-refractivity contribution in [1.82, 2.24) is 14.8 Å². The van der Waals surface area contributed by atoms with Crippen LogP contribution in [0.2, 0.25) is 0 Å². The fourth-order valence-corrected chi connectivity index (χ4v) is 1.41. The van der Waals surface area contributed by atoms with E-state index < -0.39 is 0 Å². The lowest BCUT2D eigenvalue weighted by molar-refractivity contribution is 0.287. The van der Waals surface area contributed by atoms with Gasteiger partial charge in [0.15, 0.2) is 5.82 Å². The summed E-state index contributed by atoms with van der Waals surface area (Å²) in [6.45, 7) is 0.864. The molecular formula is C11H14N4O.